The number of benzene rings is 2. The van der Waals surface area contributed by atoms with Crippen LogP contribution in [-0.4, -0.2) is 38.8 Å². The maximum absolute atomic E-state index is 13.6. The van der Waals surface area contributed by atoms with Crippen LogP contribution in [-0.2, 0) is 6.42 Å². The fraction of sp³-hybridized carbons (Fsp3) is 0.407. The van der Waals surface area contributed by atoms with E-state index in [4.69, 9.17) is 4.74 Å². The minimum absolute atomic E-state index is 0.128. The van der Waals surface area contributed by atoms with Crippen molar-refractivity contribution >= 4 is 16.6 Å². The lowest BCUT2D eigenvalue weighted by Gasteiger charge is -2.38. The minimum atomic E-state index is -0.386. The van der Waals surface area contributed by atoms with Crippen LogP contribution in [0.3, 0.4) is 0 Å². The van der Waals surface area contributed by atoms with Crippen molar-refractivity contribution in [3.8, 4) is 5.75 Å². The second-order valence-corrected chi connectivity index (χ2v) is 9.61. The van der Waals surface area contributed by atoms with E-state index >= 15 is 0 Å². The second kappa shape index (κ2) is 9.17. The van der Waals surface area contributed by atoms with Crippen LogP contribution >= 0.6 is 0 Å². The van der Waals surface area contributed by atoms with Crippen molar-refractivity contribution in [3.05, 3.63) is 75.8 Å². The summed E-state index contributed by atoms with van der Waals surface area (Å²) in [6.07, 6.45) is 7.79. The highest BCUT2D eigenvalue weighted by Gasteiger charge is 2.34. The molecule has 2 aromatic heterocycles. The summed E-state index contributed by atoms with van der Waals surface area (Å²) in [7, 11) is 1.63. The Morgan fingerprint density at radius 1 is 1.06 bits per heavy atom. The number of aromatic amines is 1. The molecule has 0 spiro atoms. The maximum atomic E-state index is 13.6. The molecular formula is C27H30N6O2. The highest BCUT2D eigenvalue weighted by atomic mass is 16.5. The first-order valence-electron chi connectivity index (χ1n) is 12.6. The number of methoxy groups -OCH3 is 1. The normalized spacial score (nSPS) is 17.3. The van der Waals surface area contributed by atoms with E-state index in [1.54, 1.807) is 7.11 Å². The predicted molar refractivity (Wildman–Crippen MR) is 135 cm³/mol. The zero-order valence-corrected chi connectivity index (χ0v) is 20.0. The number of pyridine rings is 1. The van der Waals surface area contributed by atoms with E-state index in [-0.39, 0.29) is 17.6 Å². The lowest BCUT2D eigenvalue weighted by Crippen LogP contribution is -2.39. The Hall–Kier alpha value is -3.68. The van der Waals surface area contributed by atoms with Crippen LogP contribution in [0.4, 0.5) is 5.69 Å². The second-order valence-electron chi connectivity index (χ2n) is 9.61. The van der Waals surface area contributed by atoms with Gasteiger partial charge in [-0.15, -0.1) is 5.10 Å². The monoisotopic (exact) mass is 470 g/mol. The standard InChI is InChI=1S/C27H30N6O2/c1-35-21-14-13-19-16-22(27(34)28-23(19)17-21)25(32-15-7-9-18-8-5-6-12-24(18)32)26-29-30-31-33(26)20-10-3-2-4-11-20/h5-6,8,12-14,16-17,20,25H,2-4,7,9-11,15H2,1H3,(H,28,34)/t25-/m0/s1. The van der Waals surface area contributed by atoms with Crippen LogP contribution < -0.4 is 15.2 Å². The largest absolute Gasteiger partial charge is 0.497 e. The van der Waals surface area contributed by atoms with Gasteiger partial charge in [-0.3, -0.25) is 4.79 Å². The Labute approximate surface area is 203 Å². The molecule has 1 fully saturated rings. The van der Waals surface area contributed by atoms with E-state index in [9.17, 15) is 4.79 Å². The summed E-state index contributed by atoms with van der Waals surface area (Å²) in [5.41, 5.74) is 3.73. The zero-order chi connectivity index (χ0) is 23.8. The average molecular weight is 471 g/mol. The summed E-state index contributed by atoms with van der Waals surface area (Å²) in [6, 6.07) is 16.1. The maximum Gasteiger partial charge on any atom is 0.254 e. The van der Waals surface area contributed by atoms with Crippen LogP contribution in [0.2, 0.25) is 0 Å². The van der Waals surface area contributed by atoms with Gasteiger partial charge in [0.15, 0.2) is 5.82 Å². The first kappa shape index (κ1) is 21.8. The Bertz CT molecular complexity index is 1400. The van der Waals surface area contributed by atoms with Crippen LogP contribution in [0.5, 0.6) is 5.75 Å². The number of hydrogen-bond donors (Lipinski definition) is 1. The molecule has 3 heterocycles. The number of tetrazole rings is 1. The van der Waals surface area contributed by atoms with Gasteiger partial charge in [-0.05, 0) is 71.3 Å². The molecule has 1 atom stereocenters. The molecule has 35 heavy (non-hydrogen) atoms. The highest BCUT2D eigenvalue weighted by Crippen LogP contribution is 2.38. The molecule has 1 saturated carbocycles. The Balaban J connectivity index is 1.54. The minimum Gasteiger partial charge on any atom is -0.497 e. The first-order valence-corrected chi connectivity index (χ1v) is 12.6. The van der Waals surface area contributed by atoms with Crippen molar-refractivity contribution in [1.29, 1.82) is 0 Å². The van der Waals surface area contributed by atoms with Crippen LogP contribution in [0.25, 0.3) is 10.9 Å². The van der Waals surface area contributed by atoms with Gasteiger partial charge in [0.25, 0.3) is 5.56 Å². The molecule has 2 aromatic carbocycles. The van der Waals surface area contributed by atoms with Crippen molar-refractivity contribution in [2.45, 2.75) is 57.0 Å². The number of rotatable bonds is 5. The number of hydrogen-bond acceptors (Lipinski definition) is 6. The summed E-state index contributed by atoms with van der Waals surface area (Å²) in [5.74, 6) is 1.45. The number of H-pyrrole nitrogens is 1. The third-order valence-corrected chi connectivity index (χ3v) is 7.52. The van der Waals surface area contributed by atoms with E-state index in [0.29, 0.717) is 11.3 Å². The van der Waals surface area contributed by atoms with Crippen molar-refractivity contribution < 1.29 is 4.74 Å². The van der Waals surface area contributed by atoms with Crippen LogP contribution in [0.15, 0.2) is 53.3 Å². The molecule has 1 aliphatic heterocycles. The van der Waals surface area contributed by atoms with Gasteiger partial charge in [-0.25, -0.2) is 4.68 Å². The van der Waals surface area contributed by atoms with Gasteiger partial charge in [0.1, 0.15) is 11.8 Å². The van der Waals surface area contributed by atoms with Crippen molar-refractivity contribution in [1.82, 2.24) is 25.2 Å². The number of nitrogens with zero attached hydrogens (tertiary/aromatic N) is 5. The highest BCUT2D eigenvalue weighted by molar-refractivity contribution is 5.81. The third kappa shape index (κ3) is 3.96. The van der Waals surface area contributed by atoms with Gasteiger partial charge in [0.2, 0.25) is 0 Å². The molecule has 0 saturated heterocycles. The van der Waals surface area contributed by atoms with Gasteiger partial charge in [0, 0.05) is 23.9 Å². The van der Waals surface area contributed by atoms with Gasteiger partial charge in [-0.2, -0.15) is 0 Å². The lowest BCUT2D eigenvalue weighted by atomic mass is 9.94. The number of nitrogens with one attached hydrogen (secondary N) is 1. The summed E-state index contributed by atoms with van der Waals surface area (Å²) in [6.45, 7) is 0.833. The smallest absolute Gasteiger partial charge is 0.254 e. The first-order chi connectivity index (χ1) is 17.2. The third-order valence-electron chi connectivity index (χ3n) is 7.52. The molecule has 4 aromatic rings. The van der Waals surface area contributed by atoms with E-state index in [2.05, 4.69) is 49.7 Å². The Morgan fingerprint density at radius 3 is 2.77 bits per heavy atom. The van der Waals surface area contributed by atoms with E-state index in [1.165, 1.54) is 24.8 Å². The molecule has 0 amide bonds. The van der Waals surface area contributed by atoms with Gasteiger partial charge >= 0.3 is 0 Å². The molecule has 2 aliphatic rings. The molecule has 0 bridgehead atoms. The number of ether oxygens (including phenoxy) is 1. The van der Waals surface area contributed by atoms with Gasteiger partial charge < -0.3 is 14.6 Å². The molecule has 180 valence electrons. The summed E-state index contributed by atoms with van der Waals surface area (Å²) in [5, 5.41) is 14.1. The van der Waals surface area contributed by atoms with Gasteiger partial charge in [-0.1, -0.05) is 37.5 Å². The topological polar surface area (TPSA) is 88.9 Å². The van der Waals surface area contributed by atoms with Crippen molar-refractivity contribution in [2.75, 3.05) is 18.6 Å². The lowest BCUT2D eigenvalue weighted by molar-refractivity contribution is 0.313. The molecule has 8 heteroatoms. The van der Waals surface area contributed by atoms with Crippen LogP contribution in [0.1, 0.15) is 67.6 Å². The molecule has 8 nitrogen and oxygen atoms in total. The number of fused-ring (bicyclic) bond motifs is 2. The molecule has 6 rings (SSSR count). The summed E-state index contributed by atoms with van der Waals surface area (Å²) >= 11 is 0. The number of para-hydroxylation sites is 1. The number of aryl methyl sites for hydroxylation is 1. The molecule has 0 radical (unpaired) electrons. The number of aromatic nitrogens is 5. The molecule has 0 unspecified atom stereocenters. The van der Waals surface area contributed by atoms with E-state index in [1.807, 2.05) is 28.9 Å². The summed E-state index contributed by atoms with van der Waals surface area (Å²) in [4.78, 5) is 19.0. The van der Waals surface area contributed by atoms with E-state index < -0.39 is 0 Å². The fourth-order valence-corrected chi connectivity index (χ4v) is 5.77. The van der Waals surface area contributed by atoms with Gasteiger partial charge in [0.05, 0.1) is 18.7 Å². The molecule has 1 aliphatic carbocycles. The number of anilines is 1. The zero-order valence-electron chi connectivity index (χ0n) is 20.0. The Kier molecular flexibility index (Phi) is 5.72. The average Bonchev–Trinajstić information content (AvgIpc) is 3.39. The summed E-state index contributed by atoms with van der Waals surface area (Å²) < 4.78 is 7.35. The molecule has 1 N–H and O–H groups in total. The van der Waals surface area contributed by atoms with Crippen molar-refractivity contribution in [2.24, 2.45) is 0 Å². The van der Waals surface area contributed by atoms with E-state index in [0.717, 1.165) is 54.6 Å². The fourth-order valence-electron chi connectivity index (χ4n) is 5.77. The predicted octanol–water partition coefficient (Wildman–Crippen LogP) is 4.57. The molecular weight excluding hydrogens is 440 g/mol. The Morgan fingerprint density at radius 2 is 1.91 bits per heavy atom. The van der Waals surface area contributed by atoms with Crippen molar-refractivity contribution in [3.63, 3.8) is 0 Å². The SMILES string of the molecule is COc1ccc2cc([C@@H](c3nnnn3C3CCCCC3)N3CCCc4ccccc43)c(=O)[nH]c2c1. The quantitative estimate of drug-likeness (QED) is 0.460. The van der Waals surface area contributed by atoms with Crippen LogP contribution in [0, 0.1) is 0 Å².